The van der Waals surface area contributed by atoms with Crippen LogP contribution >= 0.6 is 19.4 Å². The molecule has 0 saturated heterocycles. The average Bonchev–Trinajstić information content (AvgIpc) is 2.15. The first-order chi connectivity index (χ1) is 7.29. The van der Waals surface area contributed by atoms with E-state index in [1.54, 1.807) is 11.8 Å². The van der Waals surface area contributed by atoms with Crippen LogP contribution in [0.15, 0.2) is 35.2 Å². The van der Waals surface area contributed by atoms with E-state index in [4.69, 9.17) is 9.79 Å². The summed E-state index contributed by atoms with van der Waals surface area (Å²) in [6.07, 6.45) is 0.441. The maximum atomic E-state index is 10.8. The van der Waals surface area contributed by atoms with Gasteiger partial charge in [0.2, 0.25) is 0 Å². The molecule has 1 aromatic rings. The number of thioether (sulfide) groups is 1. The molecule has 1 aromatic carbocycles. The van der Waals surface area contributed by atoms with Crippen LogP contribution in [-0.2, 0) is 4.57 Å². The van der Waals surface area contributed by atoms with Crippen molar-refractivity contribution in [3.05, 3.63) is 30.3 Å². The van der Waals surface area contributed by atoms with Crippen LogP contribution in [0.2, 0.25) is 0 Å². The number of hydrogen-bond acceptors (Lipinski definition) is 2. The predicted octanol–water partition coefficient (Wildman–Crippen LogP) is 3.13. The molecule has 0 aliphatic carbocycles. The zero-order valence-corrected chi connectivity index (χ0v) is 11.2. The van der Waals surface area contributed by atoms with Gasteiger partial charge < -0.3 is 9.79 Å². The lowest BCUT2D eigenvalue weighted by Gasteiger charge is -2.24. The summed E-state index contributed by atoms with van der Waals surface area (Å²) in [6.45, 7) is 4.00. The van der Waals surface area contributed by atoms with Gasteiger partial charge in [-0.15, -0.1) is 11.8 Å². The van der Waals surface area contributed by atoms with Crippen LogP contribution in [0.5, 0.6) is 0 Å². The van der Waals surface area contributed by atoms with Crippen LogP contribution in [0, 0.1) is 0 Å². The molecule has 16 heavy (non-hydrogen) atoms. The van der Waals surface area contributed by atoms with Crippen molar-refractivity contribution in [1.29, 1.82) is 0 Å². The van der Waals surface area contributed by atoms with E-state index in [1.165, 1.54) is 0 Å². The van der Waals surface area contributed by atoms with Gasteiger partial charge in [-0.25, -0.2) is 0 Å². The molecule has 0 aliphatic rings. The SMILES string of the molecule is CC(C)(CCP(=O)(O)O)Sc1ccccc1. The van der Waals surface area contributed by atoms with Crippen LogP contribution < -0.4 is 0 Å². The third kappa shape index (κ3) is 5.71. The molecule has 0 aliphatic heterocycles. The highest BCUT2D eigenvalue weighted by molar-refractivity contribution is 8.00. The van der Waals surface area contributed by atoms with Crippen LogP contribution in [0.4, 0.5) is 0 Å². The minimum absolute atomic E-state index is 0.0557. The van der Waals surface area contributed by atoms with E-state index in [2.05, 4.69) is 0 Å². The summed E-state index contributed by atoms with van der Waals surface area (Å²) >= 11 is 1.64. The maximum absolute atomic E-state index is 10.8. The lowest BCUT2D eigenvalue weighted by atomic mass is 10.1. The second-order valence-corrected chi connectivity index (χ2v) is 7.87. The van der Waals surface area contributed by atoms with Gasteiger partial charge in [-0.1, -0.05) is 32.0 Å². The Morgan fingerprint density at radius 1 is 1.25 bits per heavy atom. The van der Waals surface area contributed by atoms with Crippen molar-refractivity contribution in [2.75, 3.05) is 6.16 Å². The van der Waals surface area contributed by atoms with Gasteiger partial charge in [-0.2, -0.15) is 0 Å². The van der Waals surface area contributed by atoms with Crippen molar-refractivity contribution >= 4 is 19.4 Å². The fraction of sp³-hybridized carbons (Fsp3) is 0.455. The Labute approximate surface area is 100 Å². The molecule has 3 nitrogen and oxygen atoms in total. The highest BCUT2D eigenvalue weighted by Crippen LogP contribution is 2.42. The summed E-state index contributed by atoms with van der Waals surface area (Å²) in [5.41, 5.74) is 0. The lowest BCUT2D eigenvalue weighted by molar-refractivity contribution is 0.369. The van der Waals surface area contributed by atoms with Gasteiger partial charge in [0.05, 0.1) is 6.16 Å². The van der Waals surface area contributed by atoms with E-state index in [0.717, 1.165) is 4.90 Å². The van der Waals surface area contributed by atoms with Gasteiger partial charge in [-0.3, -0.25) is 4.57 Å². The molecule has 0 spiro atoms. The topological polar surface area (TPSA) is 57.5 Å². The van der Waals surface area contributed by atoms with Crippen molar-refractivity contribution in [3.8, 4) is 0 Å². The third-order valence-electron chi connectivity index (χ3n) is 2.14. The van der Waals surface area contributed by atoms with Crippen LogP contribution in [0.25, 0.3) is 0 Å². The average molecular weight is 260 g/mol. The van der Waals surface area contributed by atoms with E-state index in [1.807, 2.05) is 44.2 Å². The Balaban J connectivity index is 2.55. The predicted molar refractivity (Wildman–Crippen MR) is 67.9 cm³/mol. The third-order valence-corrected chi connectivity index (χ3v) is 4.21. The zero-order valence-electron chi connectivity index (χ0n) is 9.46. The van der Waals surface area contributed by atoms with E-state index in [0.29, 0.717) is 6.42 Å². The van der Waals surface area contributed by atoms with E-state index in [-0.39, 0.29) is 10.9 Å². The monoisotopic (exact) mass is 260 g/mol. The molecule has 0 bridgehead atoms. The molecule has 0 unspecified atom stereocenters. The fourth-order valence-electron chi connectivity index (χ4n) is 1.27. The second kappa shape index (κ2) is 5.37. The minimum atomic E-state index is -3.88. The molecule has 2 N–H and O–H groups in total. The molecule has 0 aromatic heterocycles. The van der Waals surface area contributed by atoms with Crippen molar-refractivity contribution in [2.24, 2.45) is 0 Å². The number of rotatable bonds is 5. The van der Waals surface area contributed by atoms with Gasteiger partial charge in [0, 0.05) is 9.64 Å². The standard InChI is InChI=1S/C11H17O3PS/c1-11(2,8-9-15(12,13)14)16-10-6-4-3-5-7-10/h3-7H,8-9H2,1-2H3,(H2,12,13,14). The molecule has 5 heteroatoms. The van der Waals surface area contributed by atoms with E-state index < -0.39 is 7.60 Å². The van der Waals surface area contributed by atoms with Crippen LogP contribution in [0.3, 0.4) is 0 Å². The molecule has 90 valence electrons. The van der Waals surface area contributed by atoms with Crippen molar-refractivity contribution in [2.45, 2.75) is 29.9 Å². The van der Waals surface area contributed by atoms with Gasteiger partial charge >= 0.3 is 7.60 Å². The quantitative estimate of drug-likeness (QED) is 0.631. The summed E-state index contributed by atoms with van der Waals surface area (Å²) in [6, 6.07) is 9.88. The lowest BCUT2D eigenvalue weighted by Crippen LogP contribution is -2.16. The molecular formula is C11H17O3PS. The van der Waals surface area contributed by atoms with Crippen LogP contribution in [-0.4, -0.2) is 20.7 Å². The maximum Gasteiger partial charge on any atom is 0.325 e. The second-order valence-electron chi connectivity index (χ2n) is 4.31. The highest BCUT2D eigenvalue weighted by atomic mass is 32.2. The summed E-state index contributed by atoms with van der Waals surface area (Å²) in [7, 11) is -3.88. The number of benzene rings is 1. The molecule has 0 radical (unpaired) electrons. The Morgan fingerprint density at radius 3 is 2.31 bits per heavy atom. The smallest absolute Gasteiger partial charge is 0.324 e. The Bertz CT molecular complexity index is 372. The van der Waals surface area contributed by atoms with Crippen molar-refractivity contribution in [1.82, 2.24) is 0 Å². The first kappa shape index (κ1) is 13.8. The molecule has 0 amide bonds. The molecule has 0 fully saturated rings. The largest absolute Gasteiger partial charge is 0.325 e. The summed E-state index contributed by atoms with van der Waals surface area (Å²) in [4.78, 5) is 18.8. The highest BCUT2D eigenvalue weighted by Gasteiger charge is 2.24. The van der Waals surface area contributed by atoms with Crippen molar-refractivity contribution < 1.29 is 14.4 Å². The normalized spacial score (nSPS) is 12.8. The minimum Gasteiger partial charge on any atom is -0.324 e. The Morgan fingerprint density at radius 2 is 1.81 bits per heavy atom. The number of hydrogen-bond donors (Lipinski definition) is 2. The molecule has 1 rings (SSSR count). The van der Waals surface area contributed by atoms with E-state index in [9.17, 15) is 4.57 Å². The Kier molecular flexibility index (Phi) is 4.62. The summed E-state index contributed by atoms with van der Waals surface area (Å²) in [5.74, 6) is 0. The van der Waals surface area contributed by atoms with E-state index >= 15 is 0 Å². The fourth-order valence-corrected chi connectivity index (χ4v) is 3.41. The molecule has 0 atom stereocenters. The van der Waals surface area contributed by atoms with Gasteiger partial charge in [0.25, 0.3) is 0 Å². The summed E-state index contributed by atoms with van der Waals surface area (Å²) in [5, 5.41) is 0. The first-order valence-electron chi connectivity index (χ1n) is 5.07. The molecule has 0 saturated carbocycles. The molecule has 0 heterocycles. The summed E-state index contributed by atoms with van der Waals surface area (Å²) < 4.78 is 10.7. The Hall–Kier alpha value is -0.280. The zero-order chi connectivity index (χ0) is 12.2. The van der Waals surface area contributed by atoms with Gasteiger partial charge in [-0.05, 0) is 18.6 Å². The van der Waals surface area contributed by atoms with Gasteiger partial charge in [0.15, 0.2) is 0 Å². The van der Waals surface area contributed by atoms with Gasteiger partial charge in [0.1, 0.15) is 0 Å². The van der Waals surface area contributed by atoms with Crippen LogP contribution in [0.1, 0.15) is 20.3 Å². The van der Waals surface area contributed by atoms with Crippen molar-refractivity contribution in [3.63, 3.8) is 0 Å². The molecular weight excluding hydrogens is 243 g/mol. The first-order valence-corrected chi connectivity index (χ1v) is 7.69.